The summed E-state index contributed by atoms with van der Waals surface area (Å²) in [7, 11) is 1.37. The first kappa shape index (κ1) is 16.9. The van der Waals surface area contributed by atoms with Gasteiger partial charge in [0.2, 0.25) is 0 Å². The highest BCUT2D eigenvalue weighted by Gasteiger charge is 2.11. The van der Waals surface area contributed by atoms with Gasteiger partial charge < -0.3 is 4.74 Å². The van der Waals surface area contributed by atoms with Crippen LogP contribution in [-0.4, -0.2) is 13.1 Å². The number of esters is 1. The van der Waals surface area contributed by atoms with Crippen molar-refractivity contribution in [3.63, 3.8) is 0 Å². The lowest BCUT2D eigenvalue weighted by molar-refractivity contribution is 0.0599. The number of rotatable bonds is 4. The molecule has 122 valence electrons. The molecule has 0 unspecified atom stereocenters. The summed E-state index contributed by atoms with van der Waals surface area (Å²) in [6.45, 7) is 0. The van der Waals surface area contributed by atoms with Crippen LogP contribution in [0.15, 0.2) is 59.1 Å². The summed E-state index contributed by atoms with van der Waals surface area (Å²) >= 11 is 5.10. The van der Waals surface area contributed by atoms with E-state index in [1.807, 2.05) is 18.2 Å². The van der Waals surface area contributed by atoms with E-state index in [2.05, 4.69) is 22.0 Å². The summed E-state index contributed by atoms with van der Waals surface area (Å²) in [4.78, 5) is 13.9. The number of methoxy groups -OCH3 is 1. The van der Waals surface area contributed by atoms with Crippen LogP contribution in [0.4, 0.5) is 4.39 Å². The van der Waals surface area contributed by atoms with Crippen LogP contribution in [0.5, 0.6) is 0 Å². The fourth-order valence-corrected chi connectivity index (χ4v) is 4.02. The number of thiophene rings is 1. The molecular formula is C19H14BrFO2S. The maximum absolute atomic E-state index is 13.0. The number of benzene rings is 2. The highest BCUT2D eigenvalue weighted by molar-refractivity contribution is 9.10. The van der Waals surface area contributed by atoms with E-state index in [0.29, 0.717) is 5.56 Å². The molecule has 0 bridgehead atoms. The third kappa shape index (κ3) is 3.74. The van der Waals surface area contributed by atoms with Crippen LogP contribution in [0.25, 0.3) is 10.4 Å². The molecule has 1 aromatic heterocycles. The van der Waals surface area contributed by atoms with E-state index in [1.54, 1.807) is 29.5 Å². The molecule has 0 saturated carbocycles. The van der Waals surface area contributed by atoms with E-state index >= 15 is 0 Å². The topological polar surface area (TPSA) is 26.3 Å². The summed E-state index contributed by atoms with van der Waals surface area (Å²) in [5.74, 6) is -0.589. The second-order valence-electron chi connectivity index (χ2n) is 5.26. The molecule has 5 heteroatoms. The van der Waals surface area contributed by atoms with Crippen molar-refractivity contribution in [2.45, 2.75) is 6.42 Å². The summed E-state index contributed by atoms with van der Waals surface area (Å²) < 4.78 is 18.5. The Morgan fingerprint density at radius 1 is 1.12 bits per heavy atom. The fourth-order valence-electron chi connectivity index (χ4n) is 2.39. The Labute approximate surface area is 152 Å². The van der Waals surface area contributed by atoms with Crippen LogP contribution in [0.3, 0.4) is 0 Å². The average Bonchev–Trinajstić information content (AvgIpc) is 3.03. The van der Waals surface area contributed by atoms with Gasteiger partial charge in [-0.1, -0.05) is 18.2 Å². The zero-order chi connectivity index (χ0) is 17.1. The van der Waals surface area contributed by atoms with Gasteiger partial charge >= 0.3 is 5.97 Å². The predicted molar refractivity (Wildman–Crippen MR) is 98.0 cm³/mol. The van der Waals surface area contributed by atoms with Crippen molar-refractivity contribution in [3.05, 3.63) is 80.9 Å². The number of carbonyl (C=O) groups is 1. The van der Waals surface area contributed by atoms with Gasteiger partial charge in [-0.2, -0.15) is 0 Å². The molecule has 0 spiro atoms. The Balaban J connectivity index is 1.78. The number of carbonyl (C=O) groups excluding carboxylic acids is 1. The maximum atomic E-state index is 13.0. The van der Waals surface area contributed by atoms with Gasteiger partial charge in [0, 0.05) is 20.6 Å². The van der Waals surface area contributed by atoms with Crippen LogP contribution >= 0.6 is 27.3 Å². The molecule has 0 atom stereocenters. The van der Waals surface area contributed by atoms with Crippen molar-refractivity contribution in [3.8, 4) is 10.4 Å². The lowest BCUT2D eigenvalue weighted by atomic mass is 10.1. The van der Waals surface area contributed by atoms with Crippen LogP contribution in [0.1, 0.15) is 20.8 Å². The first-order chi connectivity index (χ1) is 11.6. The van der Waals surface area contributed by atoms with Crippen molar-refractivity contribution in [1.29, 1.82) is 0 Å². The maximum Gasteiger partial charge on any atom is 0.338 e. The van der Waals surface area contributed by atoms with Gasteiger partial charge in [0.15, 0.2) is 0 Å². The average molecular weight is 405 g/mol. The van der Waals surface area contributed by atoms with Crippen molar-refractivity contribution in [2.75, 3.05) is 7.11 Å². The Morgan fingerprint density at radius 3 is 2.54 bits per heavy atom. The molecule has 0 aliphatic heterocycles. The lowest BCUT2D eigenvalue weighted by Crippen LogP contribution is -2.02. The first-order valence-electron chi connectivity index (χ1n) is 7.28. The van der Waals surface area contributed by atoms with E-state index < -0.39 is 0 Å². The third-order valence-electron chi connectivity index (χ3n) is 3.61. The van der Waals surface area contributed by atoms with E-state index in [0.717, 1.165) is 26.9 Å². The molecule has 3 rings (SSSR count). The Kier molecular flexibility index (Phi) is 5.11. The van der Waals surface area contributed by atoms with E-state index in [4.69, 9.17) is 4.74 Å². The number of ether oxygens (including phenoxy) is 1. The molecule has 24 heavy (non-hydrogen) atoms. The molecule has 1 heterocycles. The molecule has 2 nitrogen and oxygen atoms in total. The number of hydrogen-bond acceptors (Lipinski definition) is 3. The fraction of sp³-hybridized carbons (Fsp3) is 0.105. The van der Waals surface area contributed by atoms with Gasteiger partial charge in [-0.15, -0.1) is 11.3 Å². The Bertz CT molecular complexity index is 871. The minimum atomic E-state index is -0.358. The molecule has 0 saturated heterocycles. The summed E-state index contributed by atoms with van der Waals surface area (Å²) in [6.07, 6.45) is 0.770. The molecule has 0 aliphatic carbocycles. The van der Waals surface area contributed by atoms with Gasteiger partial charge in [-0.25, -0.2) is 9.18 Å². The molecule has 0 fully saturated rings. The normalized spacial score (nSPS) is 10.6. The smallest absolute Gasteiger partial charge is 0.338 e. The van der Waals surface area contributed by atoms with Gasteiger partial charge in [0.1, 0.15) is 5.82 Å². The van der Waals surface area contributed by atoms with Gasteiger partial charge in [-0.3, -0.25) is 0 Å². The second kappa shape index (κ2) is 7.28. The first-order valence-corrected chi connectivity index (χ1v) is 8.89. The van der Waals surface area contributed by atoms with Crippen molar-refractivity contribution in [1.82, 2.24) is 0 Å². The Morgan fingerprint density at radius 2 is 1.88 bits per heavy atom. The van der Waals surface area contributed by atoms with Gasteiger partial charge in [0.05, 0.1) is 12.7 Å². The minimum Gasteiger partial charge on any atom is -0.465 e. The standard InChI is InChI=1S/C19H14BrFO2S/c1-23-19(22)16-8-2-12(11-17(16)20)10-15-7-9-18(24-15)13-3-5-14(21)6-4-13/h2-9,11H,10H2,1H3. The molecule has 0 N–H and O–H groups in total. The second-order valence-corrected chi connectivity index (χ2v) is 7.28. The van der Waals surface area contributed by atoms with Gasteiger partial charge in [0.25, 0.3) is 0 Å². The van der Waals surface area contributed by atoms with E-state index in [-0.39, 0.29) is 11.8 Å². The van der Waals surface area contributed by atoms with E-state index in [1.165, 1.54) is 24.1 Å². The molecule has 2 aromatic carbocycles. The number of halogens is 2. The summed E-state index contributed by atoms with van der Waals surface area (Å²) in [6, 6.07) is 16.3. The molecule has 0 radical (unpaired) electrons. The SMILES string of the molecule is COC(=O)c1ccc(Cc2ccc(-c3ccc(F)cc3)s2)cc1Br. The quantitative estimate of drug-likeness (QED) is 0.521. The van der Waals surface area contributed by atoms with Crippen LogP contribution in [0.2, 0.25) is 0 Å². The van der Waals surface area contributed by atoms with Crippen molar-refractivity contribution >= 4 is 33.2 Å². The molecular weight excluding hydrogens is 391 g/mol. The van der Waals surface area contributed by atoms with Crippen LogP contribution in [-0.2, 0) is 11.2 Å². The van der Waals surface area contributed by atoms with E-state index in [9.17, 15) is 9.18 Å². The molecule has 3 aromatic rings. The minimum absolute atomic E-state index is 0.230. The highest BCUT2D eigenvalue weighted by Crippen LogP contribution is 2.30. The Hall–Kier alpha value is -1.98. The largest absolute Gasteiger partial charge is 0.465 e. The van der Waals surface area contributed by atoms with Crippen LogP contribution < -0.4 is 0 Å². The van der Waals surface area contributed by atoms with Crippen molar-refractivity contribution < 1.29 is 13.9 Å². The molecule has 0 amide bonds. The number of hydrogen-bond donors (Lipinski definition) is 0. The lowest BCUT2D eigenvalue weighted by Gasteiger charge is -2.05. The molecule has 0 aliphatic rings. The van der Waals surface area contributed by atoms with Crippen LogP contribution in [0, 0.1) is 5.82 Å². The zero-order valence-electron chi connectivity index (χ0n) is 12.9. The summed E-state index contributed by atoms with van der Waals surface area (Å²) in [5, 5.41) is 0. The highest BCUT2D eigenvalue weighted by atomic mass is 79.9. The summed E-state index contributed by atoms with van der Waals surface area (Å²) in [5.41, 5.74) is 2.62. The monoisotopic (exact) mass is 404 g/mol. The predicted octanol–water partition coefficient (Wildman–Crippen LogP) is 5.69. The van der Waals surface area contributed by atoms with Crippen molar-refractivity contribution in [2.24, 2.45) is 0 Å². The van der Waals surface area contributed by atoms with Gasteiger partial charge in [-0.05, 0) is 63.5 Å². The zero-order valence-corrected chi connectivity index (χ0v) is 15.3. The third-order valence-corrected chi connectivity index (χ3v) is 5.40.